The minimum absolute atomic E-state index is 0.281. The van der Waals surface area contributed by atoms with Crippen LogP contribution in [-0.2, 0) is 16.2 Å². The maximum atomic E-state index is 2.55. The van der Waals surface area contributed by atoms with Crippen LogP contribution in [0.4, 0.5) is 17.1 Å². The number of fused-ring (bicyclic) bond motifs is 9. The monoisotopic (exact) mass is 993 g/mol. The van der Waals surface area contributed by atoms with Gasteiger partial charge in [0.1, 0.15) is 0 Å². The number of anilines is 3. The number of hydrogen-bond donors (Lipinski definition) is 0. The highest BCUT2D eigenvalue weighted by Gasteiger charge is 2.48. The average Bonchev–Trinajstić information content (AvgIpc) is 3.96. The largest absolute Gasteiger partial charge is 0.310 e. The van der Waals surface area contributed by atoms with Crippen LogP contribution in [0, 0.1) is 0 Å². The van der Waals surface area contributed by atoms with Gasteiger partial charge in [-0.05, 0) is 154 Å². The molecule has 0 saturated heterocycles. The molecular formula is C77H55N. The third kappa shape index (κ3) is 6.68. The van der Waals surface area contributed by atoms with E-state index in [4.69, 9.17) is 0 Å². The van der Waals surface area contributed by atoms with E-state index in [1.165, 1.54) is 111 Å². The van der Waals surface area contributed by atoms with E-state index in [0.717, 1.165) is 17.1 Å². The molecule has 0 unspecified atom stereocenters. The van der Waals surface area contributed by atoms with Gasteiger partial charge in [0.2, 0.25) is 0 Å². The van der Waals surface area contributed by atoms with Crippen LogP contribution in [0.5, 0.6) is 0 Å². The van der Waals surface area contributed by atoms with Gasteiger partial charge in [0.25, 0.3) is 0 Å². The van der Waals surface area contributed by atoms with Crippen molar-refractivity contribution in [1.82, 2.24) is 0 Å². The van der Waals surface area contributed by atoms with Gasteiger partial charge in [-0.15, -0.1) is 0 Å². The minimum Gasteiger partial charge on any atom is -0.310 e. The number of benzene rings is 12. The Morgan fingerprint density at radius 2 is 0.500 bits per heavy atom. The molecule has 0 fully saturated rings. The minimum atomic E-state index is -0.563. The first-order valence-corrected chi connectivity index (χ1v) is 27.4. The van der Waals surface area contributed by atoms with Crippen LogP contribution in [0.25, 0.3) is 55.6 Å². The van der Waals surface area contributed by atoms with E-state index in [1.54, 1.807) is 0 Å². The van der Waals surface area contributed by atoms with E-state index in [1.807, 2.05) is 0 Å². The van der Waals surface area contributed by atoms with Crippen LogP contribution in [0.2, 0.25) is 0 Å². The number of rotatable bonds is 9. The molecule has 12 aromatic rings. The van der Waals surface area contributed by atoms with Crippen LogP contribution in [-0.4, -0.2) is 0 Å². The van der Waals surface area contributed by atoms with E-state index in [-0.39, 0.29) is 5.41 Å². The van der Waals surface area contributed by atoms with E-state index in [2.05, 4.69) is 316 Å². The van der Waals surface area contributed by atoms with Gasteiger partial charge in [0.05, 0.1) is 10.8 Å². The zero-order valence-corrected chi connectivity index (χ0v) is 43.7. The first-order chi connectivity index (χ1) is 38.4. The lowest BCUT2D eigenvalue weighted by atomic mass is 9.67. The molecule has 0 bridgehead atoms. The summed E-state index contributed by atoms with van der Waals surface area (Å²) in [7, 11) is 0. The average molecular weight is 994 g/mol. The first-order valence-electron chi connectivity index (χ1n) is 27.4. The SMILES string of the molecule is CC1(C)c2cc(-c3ccc(-c4ccccc4)cc3)ccc2-c2ccc(N(c3ccc4c(c3)C(c3ccccc3)(c3ccccc3)c3ccccc3-4)c3ccc4c(c3)C(c3ccccc3)(c3ccccc3)c3ccccc3-4)cc21. The van der Waals surface area contributed by atoms with Crippen LogP contribution < -0.4 is 4.90 Å². The van der Waals surface area contributed by atoms with Gasteiger partial charge in [0.15, 0.2) is 0 Å². The third-order valence-corrected chi connectivity index (χ3v) is 17.6. The van der Waals surface area contributed by atoms with Crippen molar-refractivity contribution in [2.24, 2.45) is 0 Å². The van der Waals surface area contributed by atoms with Crippen molar-refractivity contribution in [3.8, 4) is 55.6 Å². The fourth-order valence-electron chi connectivity index (χ4n) is 14.1. The quantitative estimate of drug-likeness (QED) is 0.139. The lowest BCUT2D eigenvalue weighted by Gasteiger charge is -2.36. The molecule has 0 heterocycles. The van der Waals surface area contributed by atoms with E-state index < -0.39 is 10.8 Å². The van der Waals surface area contributed by atoms with E-state index in [0.29, 0.717) is 0 Å². The molecule has 78 heavy (non-hydrogen) atoms. The van der Waals surface area contributed by atoms with E-state index in [9.17, 15) is 0 Å². The Morgan fingerprint density at radius 1 is 0.218 bits per heavy atom. The Labute approximate surface area is 458 Å². The summed E-state index contributed by atoms with van der Waals surface area (Å²) in [5, 5.41) is 0. The summed E-state index contributed by atoms with van der Waals surface area (Å²) in [6.07, 6.45) is 0. The highest BCUT2D eigenvalue weighted by atomic mass is 15.1. The van der Waals surface area contributed by atoms with Crippen molar-refractivity contribution in [2.75, 3.05) is 4.90 Å². The van der Waals surface area contributed by atoms with Crippen molar-refractivity contribution in [3.05, 3.63) is 353 Å². The predicted octanol–water partition coefficient (Wildman–Crippen LogP) is 19.5. The molecule has 0 atom stereocenters. The van der Waals surface area contributed by atoms with Crippen molar-refractivity contribution in [3.63, 3.8) is 0 Å². The highest BCUT2D eigenvalue weighted by Crippen LogP contribution is 2.60. The summed E-state index contributed by atoms with van der Waals surface area (Å²) in [5.74, 6) is 0. The predicted molar refractivity (Wildman–Crippen MR) is 324 cm³/mol. The zero-order chi connectivity index (χ0) is 52.0. The number of hydrogen-bond acceptors (Lipinski definition) is 1. The Balaban J connectivity index is 0.947. The van der Waals surface area contributed by atoms with Gasteiger partial charge < -0.3 is 4.90 Å². The highest BCUT2D eigenvalue weighted by molar-refractivity contribution is 5.94. The molecule has 0 radical (unpaired) electrons. The van der Waals surface area contributed by atoms with Crippen molar-refractivity contribution in [2.45, 2.75) is 30.1 Å². The summed E-state index contributed by atoms with van der Waals surface area (Å²) < 4.78 is 0. The summed E-state index contributed by atoms with van der Waals surface area (Å²) in [4.78, 5) is 2.55. The Bertz CT molecular complexity index is 3990. The second kappa shape index (κ2) is 17.8. The molecule has 3 aliphatic rings. The second-order valence-corrected chi connectivity index (χ2v) is 21.9. The molecule has 0 aliphatic heterocycles. The molecule has 0 aromatic heterocycles. The molecular weight excluding hydrogens is 939 g/mol. The smallest absolute Gasteiger partial charge is 0.0714 e. The molecule has 15 rings (SSSR count). The summed E-state index contributed by atoms with van der Waals surface area (Å²) in [6, 6.07) is 111. The molecule has 1 heteroatoms. The van der Waals surface area contributed by atoms with Crippen molar-refractivity contribution >= 4 is 17.1 Å². The van der Waals surface area contributed by atoms with Gasteiger partial charge >= 0.3 is 0 Å². The molecule has 1 nitrogen and oxygen atoms in total. The molecule has 0 spiro atoms. The van der Waals surface area contributed by atoms with Gasteiger partial charge in [-0.1, -0.05) is 269 Å². The molecule has 3 aliphatic carbocycles. The topological polar surface area (TPSA) is 3.24 Å². The van der Waals surface area contributed by atoms with Crippen molar-refractivity contribution < 1.29 is 0 Å². The second-order valence-electron chi connectivity index (χ2n) is 21.9. The van der Waals surface area contributed by atoms with Crippen LogP contribution >= 0.6 is 0 Å². The standard InChI is InChI=1S/C77H55N/c1-75(2)71-48-55(54-38-36-53(37-39-54)52-22-8-3-9-23-52)40-44-65(71)66-45-41-60(49-72(66)75)78(61-42-46-67-63-32-18-20-34-69(63)76(73(67)50-61,56-24-10-4-11-25-56)57-26-12-5-13-27-57)62-43-47-68-64-33-19-21-35-70(64)77(74(68)51-62,58-28-14-6-15-29-58)59-30-16-7-17-31-59/h3-51H,1-2H3. The molecule has 368 valence electrons. The maximum absolute atomic E-state index is 2.55. The molecule has 12 aromatic carbocycles. The first kappa shape index (κ1) is 45.8. The summed E-state index contributed by atoms with van der Waals surface area (Å²) in [5.41, 5.74) is 27.3. The fourth-order valence-corrected chi connectivity index (χ4v) is 14.1. The fraction of sp³-hybridized carbons (Fsp3) is 0.0649. The van der Waals surface area contributed by atoms with Crippen LogP contribution in [0.15, 0.2) is 297 Å². The Kier molecular flexibility index (Phi) is 10.4. The van der Waals surface area contributed by atoms with Gasteiger partial charge in [-0.2, -0.15) is 0 Å². The van der Waals surface area contributed by atoms with Gasteiger partial charge in [-0.25, -0.2) is 0 Å². The third-order valence-electron chi connectivity index (χ3n) is 17.6. The van der Waals surface area contributed by atoms with E-state index >= 15 is 0 Å². The normalized spacial score (nSPS) is 14.3. The maximum Gasteiger partial charge on any atom is 0.0714 e. The molecule has 0 N–H and O–H groups in total. The molecule has 0 amide bonds. The van der Waals surface area contributed by atoms with Gasteiger partial charge in [-0.3, -0.25) is 0 Å². The summed E-state index contributed by atoms with van der Waals surface area (Å²) in [6.45, 7) is 4.82. The summed E-state index contributed by atoms with van der Waals surface area (Å²) >= 11 is 0. The zero-order valence-electron chi connectivity index (χ0n) is 43.7. The lowest BCUT2D eigenvalue weighted by Crippen LogP contribution is -2.29. The Morgan fingerprint density at radius 3 is 0.923 bits per heavy atom. The lowest BCUT2D eigenvalue weighted by molar-refractivity contribution is 0.660. The van der Waals surface area contributed by atoms with Crippen LogP contribution in [0.1, 0.15) is 69.5 Å². The van der Waals surface area contributed by atoms with Crippen molar-refractivity contribution in [1.29, 1.82) is 0 Å². The van der Waals surface area contributed by atoms with Crippen LogP contribution in [0.3, 0.4) is 0 Å². The molecule has 0 saturated carbocycles. The Hall–Kier alpha value is -9.56. The number of nitrogens with zero attached hydrogens (tertiary/aromatic N) is 1. The van der Waals surface area contributed by atoms with Gasteiger partial charge in [0, 0.05) is 22.5 Å².